The SMILES string of the molecule is CNS(=O)(=O)c1ccc(-c2nc(-c3cc(OS(C)(=O)=O)c4nc(N)n(S(=O)(=O)C(C)C)c4c3)c(-c3ccccc3)[nH]2)cc1. The number of nitrogens with two attached hydrogens (primary N) is 1. The van der Waals surface area contributed by atoms with E-state index in [2.05, 4.69) is 14.7 Å². The van der Waals surface area contributed by atoms with Crippen LogP contribution in [0.4, 0.5) is 5.95 Å². The Hall–Kier alpha value is -4.25. The minimum Gasteiger partial charge on any atom is -0.380 e. The van der Waals surface area contributed by atoms with Crippen LogP contribution in [0.15, 0.2) is 71.6 Å². The molecule has 0 atom stereocenters. The third-order valence-electron chi connectivity index (χ3n) is 6.55. The molecule has 0 spiro atoms. The van der Waals surface area contributed by atoms with Gasteiger partial charge in [0.1, 0.15) is 11.3 Å². The summed E-state index contributed by atoms with van der Waals surface area (Å²) >= 11 is 0. The van der Waals surface area contributed by atoms with Gasteiger partial charge in [0.25, 0.3) is 0 Å². The number of nitrogens with one attached hydrogen (secondary N) is 2. The van der Waals surface area contributed by atoms with Crippen molar-refractivity contribution in [2.75, 3.05) is 19.0 Å². The molecule has 43 heavy (non-hydrogen) atoms. The Labute approximate surface area is 249 Å². The fourth-order valence-corrected chi connectivity index (χ4v) is 6.75. The van der Waals surface area contributed by atoms with Gasteiger partial charge in [-0.05, 0) is 57.3 Å². The van der Waals surface area contributed by atoms with Crippen LogP contribution in [-0.2, 0) is 30.2 Å². The van der Waals surface area contributed by atoms with Gasteiger partial charge in [-0.2, -0.15) is 8.42 Å². The first kappa shape index (κ1) is 30.2. The van der Waals surface area contributed by atoms with E-state index >= 15 is 0 Å². The van der Waals surface area contributed by atoms with Crippen LogP contribution >= 0.6 is 0 Å². The van der Waals surface area contributed by atoms with Crippen LogP contribution in [0.25, 0.3) is 44.9 Å². The maximum Gasteiger partial charge on any atom is 0.306 e. The highest BCUT2D eigenvalue weighted by Crippen LogP contribution is 2.39. The van der Waals surface area contributed by atoms with Crippen LogP contribution in [0.3, 0.4) is 0 Å². The fraction of sp³-hybridized carbons (Fsp3) is 0.185. The Morgan fingerprint density at radius 1 is 0.884 bits per heavy atom. The second-order valence-electron chi connectivity index (χ2n) is 9.86. The summed E-state index contributed by atoms with van der Waals surface area (Å²) in [5.74, 6) is -0.220. The number of imidazole rings is 2. The van der Waals surface area contributed by atoms with Crippen molar-refractivity contribution in [1.29, 1.82) is 0 Å². The molecule has 16 heteroatoms. The second-order valence-corrected chi connectivity index (χ2v) is 15.7. The third-order valence-corrected chi connectivity index (χ3v) is 10.5. The number of hydrogen-bond acceptors (Lipinski definition) is 10. The summed E-state index contributed by atoms with van der Waals surface area (Å²) in [4.78, 5) is 12.3. The summed E-state index contributed by atoms with van der Waals surface area (Å²) in [7, 11) is -10.4. The molecule has 0 aliphatic rings. The zero-order valence-corrected chi connectivity index (χ0v) is 25.9. The average molecular weight is 645 g/mol. The summed E-state index contributed by atoms with van der Waals surface area (Å²) in [6, 6.07) is 18.1. The summed E-state index contributed by atoms with van der Waals surface area (Å²) in [6.45, 7) is 2.97. The maximum atomic E-state index is 13.3. The number of nitrogen functional groups attached to an aromatic ring is 1. The van der Waals surface area contributed by atoms with Gasteiger partial charge in [0.2, 0.25) is 26.0 Å². The van der Waals surface area contributed by atoms with Crippen molar-refractivity contribution in [3.8, 4) is 39.7 Å². The van der Waals surface area contributed by atoms with Gasteiger partial charge in [0.15, 0.2) is 5.75 Å². The van der Waals surface area contributed by atoms with E-state index in [1.165, 1.54) is 45.2 Å². The molecule has 2 aromatic heterocycles. The number of anilines is 1. The number of aromatic amines is 1. The number of nitrogens with zero attached hydrogens (tertiary/aromatic N) is 3. The molecule has 0 bridgehead atoms. The molecule has 0 saturated heterocycles. The number of fused-ring (bicyclic) bond motifs is 1. The highest BCUT2D eigenvalue weighted by atomic mass is 32.2. The maximum absolute atomic E-state index is 13.3. The molecule has 2 heterocycles. The first-order valence-corrected chi connectivity index (χ1v) is 17.6. The van der Waals surface area contributed by atoms with Gasteiger partial charge >= 0.3 is 10.1 Å². The van der Waals surface area contributed by atoms with E-state index in [9.17, 15) is 25.3 Å². The van der Waals surface area contributed by atoms with Crippen LogP contribution < -0.4 is 14.6 Å². The van der Waals surface area contributed by atoms with Gasteiger partial charge < -0.3 is 14.9 Å². The van der Waals surface area contributed by atoms with Gasteiger partial charge in [-0.25, -0.2) is 35.5 Å². The number of sulfonamides is 1. The van der Waals surface area contributed by atoms with E-state index in [1.54, 1.807) is 12.1 Å². The van der Waals surface area contributed by atoms with Gasteiger partial charge in [-0.15, -0.1) is 0 Å². The van der Waals surface area contributed by atoms with Crippen LogP contribution in [0.1, 0.15) is 13.8 Å². The minimum atomic E-state index is -4.06. The first-order chi connectivity index (χ1) is 20.1. The lowest BCUT2D eigenvalue weighted by Crippen LogP contribution is -2.23. The molecule has 0 radical (unpaired) electrons. The topological polar surface area (TPSA) is 196 Å². The van der Waals surface area contributed by atoms with E-state index in [0.717, 1.165) is 15.8 Å². The molecule has 0 fully saturated rings. The molecule has 226 valence electrons. The largest absolute Gasteiger partial charge is 0.380 e. The summed E-state index contributed by atoms with van der Waals surface area (Å²) in [5.41, 5.74) is 8.45. The molecule has 13 nitrogen and oxygen atoms in total. The van der Waals surface area contributed by atoms with E-state index in [-0.39, 0.29) is 27.6 Å². The van der Waals surface area contributed by atoms with Crippen molar-refractivity contribution >= 4 is 47.1 Å². The molecule has 5 aromatic rings. The Kier molecular flexibility index (Phi) is 7.58. The second kappa shape index (κ2) is 10.8. The molecule has 5 rings (SSSR count). The molecule has 0 aliphatic carbocycles. The first-order valence-electron chi connectivity index (χ1n) is 12.8. The summed E-state index contributed by atoms with van der Waals surface area (Å²) in [6.07, 6.45) is 0.858. The van der Waals surface area contributed by atoms with Crippen LogP contribution in [-0.4, -0.2) is 62.7 Å². The minimum absolute atomic E-state index is 0.00698. The predicted octanol–water partition coefficient (Wildman–Crippen LogP) is 3.18. The molecule has 0 saturated carbocycles. The number of rotatable bonds is 9. The highest BCUT2D eigenvalue weighted by molar-refractivity contribution is 7.90. The molecule has 4 N–H and O–H groups in total. The van der Waals surface area contributed by atoms with E-state index in [4.69, 9.17) is 14.9 Å². The third kappa shape index (κ3) is 5.73. The molecule has 0 unspecified atom stereocenters. The fourth-order valence-electron chi connectivity index (χ4n) is 4.43. The Balaban J connectivity index is 1.80. The van der Waals surface area contributed by atoms with Crippen molar-refractivity contribution in [3.05, 3.63) is 66.7 Å². The quantitative estimate of drug-likeness (QED) is 0.200. The van der Waals surface area contributed by atoms with Crippen molar-refractivity contribution in [1.82, 2.24) is 23.6 Å². The number of aromatic nitrogens is 4. The molecule has 0 aliphatic heterocycles. The Bertz CT molecular complexity index is 2170. The van der Waals surface area contributed by atoms with Crippen LogP contribution in [0, 0.1) is 0 Å². The zero-order chi connectivity index (χ0) is 31.3. The van der Waals surface area contributed by atoms with Crippen molar-refractivity contribution in [2.45, 2.75) is 24.0 Å². The highest BCUT2D eigenvalue weighted by Gasteiger charge is 2.28. The standard InChI is InChI=1S/C27H28N6O7S3/c1-16(2)43(38,39)33-21-14-19(15-22(40-41(4,34)35)25(21)32-27(33)28)24-23(17-8-6-5-7-9-17)30-26(31-24)18-10-12-20(13-11-18)42(36,37)29-3/h5-16,29H,1-4H3,(H2,28,32)(H,30,31). The average Bonchev–Trinajstić information content (AvgIpc) is 3.54. The van der Waals surface area contributed by atoms with E-state index in [1.807, 2.05) is 30.3 Å². The lowest BCUT2D eigenvalue weighted by atomic mass is 10.0. The Morgan fingerprint density at radius 2 is 1.53 bits per heavy atom. The Morgan fingerprint density at radius 3 is 2.12 bits per heavy atom. The molecule has 3 aromatic carbocycles. The molecule has 0 amide bonds. The van der Waals surface area contributed by atoms with E-state index < -0.39 is 35.4 Å². The zero-order valence-electron chi connectivity index (χ0n) is 23.4. The van der Waals surface area contributed by atoms with Crippen LogP contribution in [0.5, 0.6) is 5.75 Å². The number of H-pyrrole nitrogens is 1. The van der Waals surface area contributed by atoms with Gasteiger partial charge in [-0.1, -0.05) is 30.3 Å². The molecular weight excluding hydrogens is 617 g/mol. The van der Waals surface area contributed by atoms with Crippen molar-refractivity contribution < 1.29 is 29.4 Å². The van der Waals surface area contributed by atoms with Crippen LogP contribution in [0.2, 0.25) is 0 Å². The number of hydrogen-bond donors (Lipinski definition) is 3. The summed E-state index contributed by atoms with van der Waals surface area (Å²) in [5, 5.41) is -0.873. The van der Waals surface area contributed by atoms with Gasteiger partial charge in [0.05, 0.1) is 33.3 Å². The molecular formula is C27H28N6O7S3. The predicted molar refractivity (Wildman–Crippen MR) is 164 cm³/mol. The lowest BCUT2D eigenvalue weighted by molar-refractivity contribution is 0.495. The van der Waals surface area contributed by atoms with Crippen molar-refractivity contribution in [2.24, 2.45) is 0 Å². The lowest BCUT2D eigenvalue weighted by Gasteiger charge is -2.12. The van der Waals surface area contributed by atoms with E-state index in [0.29, 0.717) is 28.3 Å². The summed E-state index contributed by atoms with van der Waals surface area (Å²) < 4.78 is 83.8. The van der Waals surface area contributed by atoms with Crippen molar-refractivity contribution in [3.63, 3.8) is 0 Å². The monoisotopic (exact) mass is 644 g/mol. The smallest absolute Gasteiger partial charge is 0.306 e. The number of benzene rings is 3. The van der Waals surface area contributed by atoms with Gasteiger partial charge in [0, 0.05) is 16.7 Å². The van der Waals surface area contributed by atoms with Gasteiger partial charge in [-0.3, -0.25) is 0 Å². The normalized spacial score (nSPS) is 12.7.